The Morgan fingerprint density at radius 3 is 2.00 bits per heavy atom. The SMILES string of the molecule is CC(C)CCC[C@@H](C)[C@H]1CC[C@H]2[C@@H]3C[C@](O)(CN(CCCCCO)CCCCCO)[C@@]4(O)C[C@@H](O)CC[C@]4(C)[C@H]3CC[C@]12C. The van der Waals surface area contributed by atoms with E-state index in [4.69, 9.17) is 0 Å². The summed E-state index contributed by atoms with van der Waals surface area (Å²) in [4.78, 5) is 2.37. The van der Waals surface area contributed by atoms with Gasteiger partial charge in [-0.2, -0.15) is 0 Å². The van der Waals surface area contributed by atoms with Gasteiger partial charge >= 0.3 is 0 Å². The van der Waals surface area contributed by atoms with Gasteiger partial charge in [0.1, 0.15) is 11.2 Å². The zero-order valence-electron chi connectivity index (χ0n) is 29.3. The maximum atomic E-state index is 13.0. The fraction of sp³-hybridized carbons (Fsp3) is 1.00. The van der Waals surface area contributed by atoms with Crippen LogP contribution in [0, 0.1) is 46.3 Å². The summed E-state index contributed by atoms with van der Waals surface area (Å²) < 4.78 is 0. The van der Waals surface area contributed by atoms with Gasteiger partial charge < -0.3 is 30.4 Å². The average molecular weight is 622 g/mol. The van der Waals surface area contributed by atoms with Gasteiger partial charge in [0.15, 0.2) is 0 Å². The highest BCUT2D eigenvalue weighted by Gasteiger charge is 2.72. The second-order valence-electron chi connectivity index (χ2n) is 17.2. The highest BCUT2D eigenvalue weighted by molar-refractivity contribution is 5.22. The molecule has 0 amide bonds. The molecule has 4 rings (SSSR count). The third-order valence-corrected chi connectivity index (χ3v) is 14.0. The molecule has 0 aromatic carbocycles. The lowest BCUT2D eigenvalue weighted by Crippen LogP contribution is -2.76. The van der Waals surface area contributed by atoms with Crippen LogP contribution in [0.4, 0.5) is 0 Å². The maximum Gasteiger partial charge on any atom is 0.107 e. The van der Waals surface area contributed by atoms with E-state index in [1.54, 1.807) is 0 Å². The Labute approximate surface area is 270 Å². The van der Waals surface area contributed by atoms with Gasteiger partial charge in [0, 0.05) is 31.6 Å². The van der Waals surface area contributed by atoms with Crippen LogP contribution < -0.4 is 0 Å². The zero-order valence-corrected chi connectivity index (χ0v) is 29.3. The fourth-order valence-corrected chi connectivity index (χ4v) is 11.6. The summed E-state index contributed by atoms with van der Waals surface area (Å²) in [5.74, 6) is 3.61. The molecule has 0 unspecified atom stereocenters. The van der Waals surface area contributed by atoms with E-state index in [1.807, 2.05) is 0 Å². The molecule has 4 aliphatic rings. The minimum absolute atomic E-state index is 0.205. The number of aliphatic hydroxyl groups is 5. The molecule has 0 spiro atoms. The topological polar surface area (TPSA) is 104 Å². The molecular weight excluding hydrogens is 550 g/mol. The van der Waals surface area contributed by atoms with Crippen LogP contribution >= 0.6 is 0 Å². The van der Waals surface area contributed by atoms with Crippen LogP contribution in [0.5, 0.6) is 0 Å². The van der Waals surface area contributed by atoms with Gasteiger partial charge in [-0.1, -0.05) is 53.9 Å². The first-order valence-electron chi connectivity index (χ1n) is 18.9. The van der Waals surface area contributed by atoms with Gasteiger partial charge in [-0.05, 0) is 137 Å². The second kappa shape index (κ2) is 15.3. The third kappa shape index (κ3) is 7.26. The Bertz CT molecular complexity index is 873. The Balaban J connectivity index is 1.60. The zero-order chi connectivity index (χ0) is 32.2. The molecular formula is C38H71NO5. The van der Waals surface area contributed by atoms with Crippen molar-refractivity contribution in [1.29, 1.82) is 0 Å². The van der Waals surface area contributed by atoms with E-state index in [0.717, 1.165) is 82.2 Å². The summed E-state index contributed by atoms with van der Waals surface area (Å²) in [7, 11) is 0. The molecule has 0 aliphatic heterocycles. The lowest BCUT2D eigenvalue weighted by atomic mass is 9.39. The van der Waals surface area contributed by atoms with Crippen LogP contribution in [0.25, 0.3) is 0 Å². The first-order valence-corrected chi connectivity index (χ1v) is 18.9. The summed E-state index contributed by atoms with van der Waals surface area (Å²) in [5, 5.41) is 55.4. The molecule has 0 saturated heterocycles. The quantitative estimate of drug-likeness (QED) is 0.118. The largest absolute Gasteiger partial charge is 0.396 e. The molecule has 4 saturated carbocycles. The van der Waals surface area contributed by atoms with E-state index in [1.165, 1.54) is 38.5 Å². The average Bonchev–Trinajstić information content (AvgIpc) is 3.32. The summed E-state index contributed by atoms with van der Waals surface area (Å²) in [6, 6.07) is 0. The summed E-state index contributed by atoms with van der Waals surface area (Å²) in [6.45, 7) is 14.6. The minimum Gasteiger partial charge on any atom is -0.396 e. The number of hydrogen-bond donors (Lipinski definition) is 5. The lowest BCUT2D eigenvalue weighted by Gasteiger charge is -2.69. The third-order valence-electron chi connectivity index (χ3n) is 14.0. The van der Waals surface area contributed by atoms with Crippen molar-refractivity contribution in [3.63, 3.8) is 0 Å². The van der Waals surface area contributed by atoms with Crippen LogP contribution in [-0.4, -0.2) is 80.6 Å². The van der Waals surface area contributed by atoms with Crippen molar-refractivity contribution in [1.82, 2.24) is 4.90 Å². The summed E-state index contributed by atoms with van der Waals surface area (Å²) in [5.41, 5.74) is -2.71. The molecule has 0 radical (unpaired) electrons. The number of hydrogen-bond acceptors (Lipinski definition) is 6. The molecule has 0 bridgehead atoms. The molecule has 6 heteroatoms. The van der Waals surface area contributed by atoms with Crippen molar-refractivity contribution in [3.05, 3.63) is 0 Å². The molecule has 5 N–H and O–H groups in total. The van der Waals surface area contributed by atoms with Crippen LogP contribution in [0.3, 0.4) is 0 Å². The van der Waals surface area contributed by atoms with E-state index in [0.29, 0.717) is 42.6 Å². The predicted molar refractivity (Wildman–Crippen MR) is 179 cm³/mol. The monoisotopic (exact) mass is 622 g/mol. The highest BCUT2D eigenvalue weighted by Crippen LogP contribution is 2.71. The number of fused-ring (bicyclic) bond motifs is 5. The lowest BCUT2D eigenvalue weighted by molar-refractivity contribution is -0.309. The molecule has 44 heavy (non-hydrogen) atoms. The Morgan fingerprint density at radius 2 is 1.39 bits per heavy atom. The smallest absolute Gasteiger partial charge is 0.107 e. The van der Waals surface area contributed by atoms with E-state index >= 15 is 0 Å². The normalized spacial score (nSPS) is 41.0. The highest BCUT2D eigenvalue weighted by atomic mass is 16.4. The van der Waals surface area contributed by atoms with Crippen molar-refractivity contribution in [3.8, 4) is 0 Å². The molecule has 10 atom stereocenters. The first kappa shape index (κ1) is 36.6. The van der Waals surface area contributed by atoms with Crippen molar-refractivity contribution < 1.29 is 25.5 Å². The van der Waals surface area contributed by atoms with Crippen molar-refractivity contribution in [2.45, 2.75) is 161 Å². The number of nitrogens with zero attached hydrogens (tertiary/aromatic N) is 1. The van der Waals surface area contributed by atoms with Gasteiger partial charge in [-0.3, -0.25) is 0 Å². The predicted octanol–water partition coefficient (Wildman–Crippen LogP) is 6.55. The number of unbranched alkanes of at least 4 members (excludes halogenated alkanes) is 4. The molecule has 0 aromatic rings. The second-order valence-corrected chi connectivity index (χ2v) is 17.2. The maximum absolute atomic E-state index is 13.0. The van der Waals surface area contributed by atoms with Crippen molar-refractivity contribution >= 4 is 0 Å². The Kier molecular flexibility index (Phi) is 12.7. The number of rotatable bonds is 17. The van der Waals surface area contributed by atoms with Crippen LogP contribution in [0.15, 0.2) is 0 Å². The Morgan fingerprint density at radius 1 is 0.727 bits per heavy atom. The van der Waals surface area contributed by atoms with Gasteiger partial charge in [-0.25, -0.2) is 0 Å². The van der Waals surface area contributed by atoms with Crippen molar-refractivity contribution in [2.24, 2.45) is 46.3 Å². The van der Waals surface area contributed by atoms with Gasteiger partial charge in [0.05, 0.1) is 6.10 Å². The summed E-state index contributed by atoms with van der Waals surface area (Å²) >= 11 is 0. The molecule has 6 nitrogen and oxygen atoms in total. The molecule has 0 aromatic heterocycles. The first-order chi connectivity index (χ1) is 20.8. The van der Waals surface area contributed by atoms with Gasteiger partial charge in [0.2, 0.25) is 0 Å². The van der Waals surface area contributed by atoms with Gasteiger partial charge in [-0.15, -0.1) is 0 Å². The molecule has 4 fully saturated rings. The van der Waals surface area contributed by atoms with E-state index in [9.17, 15) is 25.5 Å². The molecule has 0 heterocycles. The van der Waals surface area contributed by atoms with Gasteiger partial charge in [0.25, 0.3) is 0 Å². The van der Waals surface area contributed by atoms with E-state index < -0.39 is 22.7 Å². The standard InChI is InChI=1S/C38H71NO5/c1-28(2)13-12-14-29(3)32-15-16-33-31-26-37(43,27-39(21-8-6-10-23-40)22-9-7-11-24-41)38(44)25-30(42)17-20-36(38,5)34(31)18-19-35(32,33)4/h28-34,40-44H,6-27H2,1-5H3/t29-,30+,31+,32-,33+,34+,35-,36-,37+,38-/m1/s1. The molecule has 258 valence electrons. The van der Waals surface area contributed by atoms with E-state index in [-0.39, 0.29) is 19.6 Å². The van der Waals surface area contributed by atoms with Crippen LogP contribution in [-0.2, 0) is 0 Å². The fourth-order valence-electron chi connectivity index (χ4n) is 11.6. The number of aliphatic hydroxyl groups excluding tert-OH is 3. The van der Waals surface area contributed by atoms with Crippen LogP contribution in [0.1, 0.15) is 144 Å². The molecule has 4 aliphatic carbocycles. The van der Waals surface area contributed by atoms with Crippen molar-refractivity contribution in [2.75, 3.05) is 32.8 Å². The summed E-state index contributed by atoms with van der Waals surface area (Å²) in [6.07, 6.45) is 16.1. The van der Waals surface area contributed by atoms with Crippen LogP contribution in [0.2, 0.25) is 0 Å². The minimum atomic E-state index is -1.32. The Hall–Kier alpha value is -0.240. The van der Waals surface area contributed by atoms with E-state index in [2.05, 4.69) is 39.5 Å².